The van der Waals surface area contributed by atoms with Crippen molar-refractivity contribution in [1.29, 1.82) is 0 Å². The summed E-state index contributed by atoms with van der Waals surface area (Å²) in [5.74, 6) is 0.459. The molecule has 0 aliphatic rings. The van der Waals surface area contributed by atoms with E-state index in [2.05, 4.69) is 25.8 Å². The van der Waals surface area contributed by atoms with Crippen LogP contribution >= 0.6 is 0 Å². The summed E-state index contributed by atoms with van der Waals surface area (Å²) in [5, 5.41) is 9.31. The topological polar surface area (TPSA) is 128 Å². The summed E-state index contributed by atoms with van der Waals surface area (Å²) in [6.45, 7) is 3.83. The average molecular weight is 419 g/mol. The quantitative estimate of drug-likeness (QED) is 0.483. The molecule has 4 aromatic heterocycles. The van der Waals surface area contributed by atoms with Crippen molar-refractivity contribution in [2.24, 2.45) is 0 Å². The first-order valence-electron chi connectivity index (χ1n) is 9.66. The predicted molar refractivity (Wildman–Crippen MR) is 115 cm³/mol. The second-order valence-corrected chi connectivity index (χ2v) is 6.98. The molecule has 0 saturated carbocycles. The Kier molecular flexibility index (Phi) is 5.44. The summed E-state index contributed by atoms with van der Waals surface area (Å²) in [6.07, 6.45) is 3.36. The third-order valence-corrected chi connectivity index (χ3v) is 4.84. The molecule has 0 aliphatic carbocycles. The van der Waals surface area contributed by atoms with Crippen molar-refractivity contribution in [3.8, 4) is 11.3 Å². The van der Waals surface area contributed by atoms with Crippen molar-refractivity contribution in [3.63, 3.8) is 0 Å². The number of carbonyl (C=O) groups is 1. The highest BCUT2D eigenvalue weighted by molar-refractivity contribution is 5.81. The largest absolute Gasteiger partial charge is 0.361 e. The van der Waals surface area contributed by atoms with Crippen LogP contribution in [-0.4, -0.2) is 44.2 Å². The summed E-state index contributed by atoms with van der Waals surface area (Å²) in [5.41, 5.74) is 3.50. The Morgan fingerprint density at radius 3 is 2.71 bits per heavy atom. The molecule has 10 heteroatoms. The van der Waals surface area contributed by atoms with Crippen molar-refractivity contribution < 1.29 is 9.32 Å². The van der Waals surface area contributed by atoms with Crippen molar-refractivity contribution in [1.82, 2.24) is 30.0 Å². The average Bonchev–Trinajstić information content (AvgIpc) is 3.12. The summed E-state index contributed by atoms with van der Waals surface area (Å²) < 4.78 is 6.79. The van der Waals surface area contributed by atoms with Gasteiger partial charge < -0.3 is 15.2 Å². The molecule has 0 aromatic carbocycles. The molecular formula is C21H21N7O3. The maximum absolute atomic E-state index is 13.2. The van der Waals surface area contributed by atoms with Crippen LogP contribution in [0.1, 0.15) is 17.0 Å². The van der Waals surface area contributed by atoms with Gasteiger partial charge in [0.2, 0.25) is 5.91 Å². The second kappa shape index (κ2) is 8.34. The molecular weight excluding hydrogens is 398 g/mol. The van der Waals surface area contributed by atoms with Crippen LogP contribution < -0.4 is 16.2 Å². The number of rotatable bonds is 6. The van der Waals surface area contributed by atoms with Gasteiger partial charge in [-0.25, -0.2) is 9.97 Å². The van der Waals surface area contributed by atoms with Crippen LogP contribution in [0.5, 0.6) is 0 Å². The van der Waals surface area contributed by atoms with Gasteiger partial charge in [0, 0.05) is 19.4 Å². The summed E-state index contributed by atoms with van der Waals surface area (Å²) >= 11 is 0. The number of carbonyl (C=O) groups excluding carboxylic acids is 1. The minimum atomic E-state index is -0.385. The minimum absolute atomic E-state index is 0.0677. The standard InChI is InChI=1S/C21H21N7O3/c1-12-18(13(2)31-27-12)15-6-7-16-20(26-15)28(11-14-5-4-8-23-9-14)21(30)19(25-16)24-10-17(29)22-3/h4-9H,10-11H2,1-3H3,(H,22,29)(H,24,25). The molecule has 0 spiro atoms. The molecule has 0 unspecified atom stereocenters. The number of hydrogen-bond donors (Lipinski definition) is 2. The highest BCUT2D eigenvalue weighted by Crippen LogP contribution is 2.26. The molecule has 0 aliphatic heterocycles. The van der Waals surface area contributed by atoms with E-state index in [1.165, 1.54) is 11.6 Å². The van der Waals surface area contributed by atoms with Gasteiger partial charge in [0.05, 0.1) is 30.0 Å². The Balaban J connectivity index is 1.88. The zero-order chi connectivity index (χ0) is 22.0. The van der Waals surface area contributed by atoms with Gasteiger partial charge in [-0.3, -0.25) is 19.1 Å². The van der Waals surface area contributed by atoms with Crippen molar-refractivity contribution in [2.45, 2.75) is 20.4 Å². The molecule has 4 heterocycles. The number of likely N-dealkylation sites (N-methyl/N-ethyl adjacent to an activating group) is 1. The Labute approximate surface area is 177 Å². The zero-order valence-corrected chi connectivity index (χ0v) is 17.3. The highest BCUT2D eigenvalue weighted by Gasteiger charge is 2.17. The summed E-state index contributed by atoms with van der Waals surface area (Å²) in [4.78, 5) is 38.1. The smallest absolute Gasteiger partial charge is 0.295 e. The number of aromatic nitrogens is 5. The molecule has 4 rings (SSSR count). The van der Waals surface area contributed by atoms with Crippen molar-refractivity contribution >= 4 is 22.9 Å². The summed E-state index contributed by atoms with van der Waals surface area (Å²) in [6, 6.07) is 7.27. The third-order valence-electron chi connectivity index (χ3n) is 4.84. The lowest BCUT2D eigenvalue weighted by Gasteiger charge is -2.13. The lowest BCUT2D eigenvalue weighted by Crippen LogP contribution is -2.31. The first-order valence-corrected chi connectivity index (χ1v) is 9.66. The van der Waals surface area contributed by atoms with Gasteiger partial charge in [0.1, 0.15) is 11.3 Å². The molecule has 4 aromatic rings. The lowest BCUT2D eigenvalue weighted by atomic mass is 10.1. The number of fused-ring (bicyclic) bond motifs is 1. The Bertz CT molecular complexity index is 1290. The molecule has 0 atom stereocenters. The normalized spacial score (nSPS) is 10.9. The van der Waals surface area contributed by atoms with Crippen LogP contribution in [-0.2, 0) is 11.3 Å². The molecule has 1 amide bonds. The van der Waals surface area contributed by atoms with E-state index in [1.807, 2.05) is 26.0 Å². The van der Waals surface area contributed by atoms with Gasteiger partial charge in [-0.2, -0.15) is 0 Å². The molecule has 10 nitrogen and oxygen atoms in total. The van der Waals surface area contributed by atoms with Crippen LogP contribution in [0.3, 0.4) is 0 Å². The van der Waals surface area contributed by atoms with E-state index >= 15 is 0 Å². The van der Waals surface area contributed by atoms with Gasteiger partial charge in [-0.15, -0.1) is 0 Å². The molecule has 0 fully saturated rings. The third kappa shape index (κ3) is 4.00. The second-order valence-electron chi connectivity index (χ2n) is 6.98. The number of aryl methyl sites for hydroxylation is 2. The number of anilines is 1. The van der Waals surface area contributed by atoms with Gasteiger partial charge in [0.15, 0.2) is 11.5 Å². The Morgan fingerprint density at radius 2 is 2.03 bits per heavy atom. The fourth-order valence-electron chi connectivity index (χ4n) is 3.30. The van der Waals surface area contributed by atoms with Crippen LogP contribution in [0.15, 0.2) is 46.0 Å². The monoisotopic (exact) mass is 419 g/mol. The Hall–Kier alpha value is -4.08. The molecule has 0 radical (unpaired) electrons. The maximum atomic E-state index is 13.2. The van der Waals surface area contributed by atoms with Gasteiger partial charge >= 0.3 is 0 Å². The van der Waals surface area contributed by atoms with E-state index in [9.17, 15) is 9.59 Å². The molecule has 0 saturated heterocycles. The molecule has 0 bridgehead atoms. The van der Waals surface area contributed by atoms with E-state index in [-0.39, 0.29) is 30.4 Å². The highest BCUT2D eigenvalue weighted by atomic mass is 16.5. The van der Waals surface area contributed by atoms with E-state index in [0.29, 0.717) is 28.3 Å². The van der Waals surface area contributed by atoms with Gasteiger partial charge in [-0.05, 0) is 37.6 Å². The number of nitrogens with zero attached hydrogens (tertiary/aromatic N) is 5. The van der Waals surface area contributed by atoms with E-state index < -0.39 is 0 Å². The number of amides is 1. The summed E-state index contributed by atoms with van der Waals surface area (Å²) in [7, 11) is 1.53. The van der Waals surface area contributed by atoms with E-state index in [1.54, 1.807) is 24.5 Å². The van der Waals surface area contributed by atoms with E-state index in [4.69, 9.17) is 9.51 Å². The Morgan fingerprint density at radius 1 is 1.19 bits per heavy atom. The predicted octanol–water partition coefficient (Wildman–Crippen LogP) is 1.66. The number of pyridine rings is 2. The van der Waals surface area contributed by atoms with Crippen LogP contribution in [0, 0.1) is 13.8 Å². The molecule has 31 heavy (non-hydrogen) atoms. The van der Waals surface area contributed by atoms with E-state index in [0.717, 1.165) is 11.1 Å². The molecule has 158 valence electrons. The first-order chi connectivity index (χ1) is 15.0. The fourth-order valence-corrected chi connectivity index (χ4v) is 3.30. The first kappa shape index (κ1) is 20.2. The minimum Gasteiger partial charge on any atom is -0.361 e. The lowest BCUT2D eigenvalue weighted by molar-refractivity contribution is -0.118. The van der Waals surface area contributed by atoms with Crippen LogP contribution in [0.4, 0.5) is 5.82 Å². The number of nitrogens with one attached hydrogen (secondary N) is 2. The van der Waals surface area contributed by atoms with Gasteiger partial charge in [-0.1, -0.05) is 11.2 Å². The van der Waals surface area contributed by atoms with Gasteiger partial charge in [0.25, 0.3) is 5.56 Å². The SMILES string of the molecule is CNC(=O)CNc1nc2ccc(-c3c(C)noc3C)nc2n(Cc2cccnc2)c1=O. The zero-order valence-electron chi connectivity index (χ0n) is 17.3. The van der Waals surface area contributed by atoms with Crippen molar-refractivity contribution in [3.05, 3.63) is 64.0 Å². The van der Waals surface area contributed by atoms with Crippen LogP contribution in [0.25, 0.3) is 22.4 Å². The maximum Gasteiger partial charge on any atom is 0.295 e. The van der Waals surface area contributed by atoms with Crippen molar-refractivity contribution in [2.75, 3.05) is 18.9 Å². The number of hydrogen-bond acceptors (Lipinski definition) is 8. The van der Waals surface area contributed by atoms with Crippen LogP contribution in [0.2, 0.25) is 0 Å². The molecule has 2 N–H and O–H groups in total. The fraction of sp³-hybridized carbons (Fsp3) is 0.238.